The molecule has 0 radical (unpaired) electrons. The Bertz CT molecular complexity index is 388. The fourth-order valence-electron chi connectivity index (χ4n) is 2.26. The van der Waals surface area contributed by atoms with Crippen LogP contribution in [0.1, 0.15) is 32.1 Å². The smallest absolute Gasteiger partial charge is 0.142 e. The van der Waals surface area contributed by atoms with E-state index in [-0.39, 0.29) is 0 Å². The van der Waals surface area contributed by atoms with Crippen LogP contribution in [0.5, 0.6) is 0 Å². The van der Waals surface area contributed by atoms with Crippen molar-refractivity contribution < 1.29 is 9.32 Å². The zero-order valence-electron chi connectivity index (χ0n) is 9.64. The van der Waals surface area contributed by atoms with Gasteiger partial charge in [0.15, 0.2) is 0 Å². The van der Waals surface area contributed by atoms with Gasteiger partial charge in [-0.3, -0.25) is 4.21 Å². The van der Waals surface area contributed by atoms with Crippen LogP contribution in [0, 0.1) is 0 Å². The first-order valence-electron chi connectivity index (χ1n) is 5.95. The third-order valence-corrected chi connectivity index (χ3v) is 5.75. The van der Waals surface area contributed by atoms with Gasteiger partial charge in [-0.15, -0.1) is 11.6 Å². The van der Waals surface area contributed by atoms with E-state index in [1.165, 1.54) is 0 Å². The third-order valence-electron chi connectivity index (χ3n) is 3.31. The maximum Gasteiger partial charge on any atom is 0.142 e. The molecule has 2 rings (SSSR count). The van der Waals surface area contributed by atoms with Crippen molar-refractivity contribution in [3.05, 3.63) is 30.3 Å². The Morgan fingerprint density at radius 3 is 2.35 bits per heavy atom. The fraction of sp³-hybridized carbons (Fsp3) is 0.538. The lowest BCUT2D eigenvalue weighted by molar-refractivity contribution is 0.0175. The summed E-state index contributed by atoms with van der Waals surface area (Å²) in [6.07, 6.45) is 4.36. The molecule has 94 valence electrons. The summed E-state index contributed by atoms with van der Waals surface area (Å²) in [5.41, 5.74) is -0.972. The van der Waals surface area contributed by atoms with Crippen LogP contribution in [0.25, 0.3) is 0 Å². The van der Waals surface area contributed by atoms with Crippen molar-refractivity contribution in [3.63, 3.8) is 0 Å². The van der Waals surface area contributed by atoms with Gasteiger partial charge in [-0.2, -0.15) is 0 Å². The topological polar surface area (TPSA) is 37.3 Å². The first-order valence-corrected chi connectivity index (χ1v) is 7.60. The van der Waals surface area contributed by atoms with Crippen LogP contribution in [0.3, 0.4) is 0 Å². The van der Waals surface area contributed by atoms with Gasteiger partial charge in [0.1, 0.15) is 4.71 Å². The van der Waals surface area contributed by atoms with Crippen molar-refractivity contribution in [1.82, 2.24) is 0 Å². The van der Waals surface area contributed by atoms with E-state index in [1.54, 1.807) is 12.1 Å². The maximum atomic E-state index is 12.3. The van der Waals surface area contributed by atoms with Gasteiger partial charge in [-0.05, 0) is 25.0 Å². The number of halogens is 1. The summed E-state index contributed by atoms with van der Waals surface area (Å²) in [5, 5.41) is 10.4. The van der Waals surface area contributed by atoms with Gasteiger partial charge in [0, 0.05) is 4.90 Å². The molecule has 0 saturated heterocycles. The summed E-state index contributed by atoms with van der Waals surface area (Å²) >= 11 is 6.24. The van der Waals surface area contributed by atoms with E-state index in [4.69, 9.17) is 11.6 Å². The molecule has 2 nitrogen and oxygen atoms in total. The molecule has 0 heterocycles. The Morgan fingerprint density at radius 1 is 1.18 bits per heavy atom. The first-order chi connectivity index (χ1) is 8.13. The molecule has 0 unspecified atom stereocenters. The second-order valence-corrected chi connectivity index (χ2v) is 6.82. The van der Waals surface area contributed by atoms with Crippen LogP contribution >= 0.6 is 11.6 Å². The molecule has 1 N–H and O–H groups in total. The molecule has 1 fully saturated rings. The summed E-state index contributed by atoms with van der Waals surface area (Å²) < 4.78 is 11.6. The molecule has 0 bridgehead atoms. The van der Waals surface area contributed by atoms with E-state index in [9.17, 15) is 9.32 Å². The molecule has 1 aromatic rings. The molecule has 2 atom stereocenters. The fourth-order valence-corrected chi connectivity index (χ4v) is 4.09. The van der Waals surface area contributed by atoms with E-state index in [0.29, 0.717) is 17.7 Å². The highest BCUT2D eigenvalue weighted by atomic mass is 35.5. The van der Waals surface area contributed by atoms with Crippen molar-refractivity contribution >= 4 is 22.4 Å². The molecule has 0 spiro atoms. The van der Waals surface area contributed by atoms with Gasteiger partial charge in [0.2, 0.25) is 0 Å². The molecule has 1 aliphatic carbocycles. The summed E-state index contributed by atoms with van der Waals surface area (Å²) in [7, 11) is -1.35. The molecule has 4 heteroatoms. The lowest BCUT2D eigenvalue weighted by Gasteiger charge is -2.35. The SMILES string of the molecule is O=[S@@](c1ccccc1)[C@H](Cl)C1(O)CCCCC1. The van der Waals surface area contributed by atoms with Gasteiger partial charge in [-0.1, -0.05) is 37.5 Å². The molecule has 1 aliphatic rings. The van der Waals surface area contributed by atoms with Crippen LogP contribution in [-0.2, 0) is 10.8 Å². The maximum absolute atomic E-state index is 12.3. The van der Waals surface area contributed by atoms with Crippen LogP contribution in [0.2, 0.25) is 0 Å². The Hall–Kier alpha value is -0.380. The summed E-state index contributed by atoms with van der Waals surface area (Å²) in [4.78, 5) is 0.687. The average Bonchev–Trinajstić information content (AvgIpc) is 2.39. The van der Waals surface area contributed by atoms with Gasteiger partial charge in [-0.25, -0.2) is 0 Å². The Balaban J connectivity index is 2.14. The number of alkyl halides is 1. The quantitative estimate of drug-likeness (QED) is 0.859. The minimum absolute atomic E-state index is 0.653. The Labute approximate surface area is 109 Å². The van der Waals surface area contributed by atoms with Crippen molar-refractivity contribution in [2.24, 2.45) is 0 Å². The van der Waals surface area contributed by atoms with Crippen molar-refractivity contribution in [3.8, 4) is 0 Å². The van der Waals surface area contributed by atoms with Gasteiger partial charge in [0.05, 0.1) is 16.4 Å². The Kier molecular flexibility index (Phi) is 4.23. The summed E-state index contributed by atoms with van der Waals surface area (Å²) in [5.74, 6) is 0. The van der Waals surface area contributed by atoms with Crippen LogP contribution in [0.4, 0.5) is 0 Å². The number of rotatable bonds is 3. The predicted octanol–water partition coefficient (Wildman–Crippen LogP) is 3.05. The normalized spacial score (nSPS) is 22.9. The highest BCUT2D eigenvalue weighted by Gasteiger charge is 2.40. The highest BCUT2D eigenvalue weighted by molar-refractivity contribution is 7.87. The lowest BCUT2D eigenvalue weighted by atomic mass is 9.86. The van der Waals surface area contributed by atoms with Crippen LogP contribution in [0.15, 0.2) is 35.2 Å². The van der Waals surface area contributed by atoms with Gasteiger partial charge in [0.25, 0.3) is 0 Å². The molecule has 0 aliphatic heterocycles. The molecule has 1 saturated carbocycles. The molecule has 17 heavy (non-hydrogen) atoms. The lowest BCUT2D eigenvalue weighted by Crippen LogP contribution is -2.43. The standard InChI is InChI=1S/C13H17ClO2S/c14-12(13(15)9-5-2-6-10-13)17(16)11-7-3-1-4-8-11/h1,3-4,7-8,12,15H,2,5-6,9-10H2/t12-,17-/m0/s1. The van der Waals surface area contributed by atoms with E-state index >= 15 is 0 Å². The predicted molar refractivity (Wildman–Crippen MR) is 70.5 cm³/mol. The van der Waals surface area contributed by atoms with E-state index < -0.39 is 21.1 Å². The van der Waals surface area contributed by atoms with Gasteiger partial charge < -0.3 is 5.11 Å². The summed E-state index contributed by atoms with van der Waals surface area (Å²) in [6.45, 7) is 0. The molecule has 0 amide bonds. The van der Waals surface area contributed by atoms with Crippen LogP contribution in [-0.4, -0.2) is 19.6 Å². The average molecular weight is 273 g/mol. The molecule has 0 aromatic heterocycles. The molecule has 1 aromatic carbocycles. The monoisotopic (exact) mass is 272 g/mol. The van der Waals surface area contributed by atoms with Crippen molar-refractivity contribution in [2.45, 2.75) is 47.3 Å². The zero-order chi connectivity index (χ0) is 12.3. The number of benzene rings is 1. The highest BCUT2D eigenvalue weighted by Crippen LogP contribution is 2.36. The largest absolute Gasteiger partial charge is 0.387 e. The van der Waals surface area contributed by atoms with Crippen molar-refractivity contribution in [1.29, 1.82) is 0 Å². The Morgan fingerprint density at radius 2 is 1.76 bits per heavy atom. The van der Waals surface area contributed by atoms with Gasteiger partial charge >= 0.3 is 0 Å². The zero-order valence-corrected chi connectivity index (χ0v) is 11.2. The minimum Gasteiger partial charge on any atom is -0.387 e. The minimum atomic E-state index is -1.35. The molecular weight excluding hydrogens is 256 g/mol. The molecular formula is C13H17ClO2S. The van der Waals surface area contributed by atoms with E-state index in [1.807, 2.05) is 18.2 Å². The van der Waals surface area contributed by atoms with Crippen molar-refractivity contribution in [2.75, 3.05) is 0 Å². The van der Waals surface area contributed by atoms with E-state index in [2.05, 4.69) is 0 Å². The van der Waals surface area contributed by atoms with E-state index in [0.717, 1.165) is 19.3 Å². The van der Waals surface area contributed by atoms with Crippen LogP contribution < -0.4 is 0 Å². The third kappa shape index (κ3) is 2.90. The number of hydrogen-bond acceptors (Lipinski definition) is 2. The number of hydrogen-bond donors (Lipinski definition) is 1. The second-order valence-electron chi connectivity index (χ2n) is 4.59. The number of aliphatic hydroxyl groups is 1. The second kappa shape index (κ2) is 5.51. The first kappa shape index (κ1) is 13.1. The summed E-state index contributed by atoms with van der Waals surface area (Å²) in [6, 6.07) is 9.12.